The summed E-state index contributed by atoms with van der Waals surface area (Å²) in [5.74, 6) is 0. The second-order valence-corrected chi connectivity index (χ2v) is 2.80. The number of rotatable bonds is 5. The zero-order valence-electron chi connectivity index (χ0n) is 7.45. The molecule has 0 rings (SSSR count). The van der Waals surface area contributed by atoms with E-state index < -0.39 is 18.3 Å². The summed E-state index contributed by atoms with van der Waals surface area (Å²) in [6.07, 6.45) is -0.0431. The maximum absolute atomic E-state index is 9.39. The monoisotopic (exact) mass is 162 g/mol. The number of aliphatic hydroxyl groups is 2. The van der Waals surface area contributed by atoms with Crippen molar-refractivity contribution in [2.75, 3.05) is 7.11 Å². The van der Waals surface area contributed by atoms with Gasteiger partial charge in [0.2, 0.25) is 0 Å². The minimum atomic E-state index is -0.610. The summed E-state index contributed by atoms with van der Waals surface area (Å²) in [6, 6.07) is 0. The topological polar surface area (TPSA) is 49.7 Å². The molecule has 11 heavy (non-hydrogen) atoms. The van der Waals surface area contributed by atoms with Crippen LogP contribution in [-0.4, -0.2) is 35.6 Å². The summed E-state index contributed by atoms with van der Waals surface area (Å²) in [4.78, 5) is 0. The van der Waals surface area contributed by atoms with Crippen LogP contribution in [0.1, 0.15) is 26.7 Å². The first-order chi connectivity index (χ1) is 5.13. The van der Waals surface area contributed by atoms with E-state index in [-0.39, 0.29) is 0 Å². The van der Waals surface area contributed by atoms with Crippen LogP contribution in [0.5, 0.6) is 0 Å². The summed E-state index contributed by atoms with van der Waals surface area (Å²) in [5, 5.41) is 18.5. The first kappa shape index (κ1) is 10.9. The van der Waals surface area contributed by atoms with Crippen molar-refractivity contribution in [1.29, 1.82) is 0 Å². The maximum Gasteiger partial charge on any atom is 0.108 e. The van der Waals surface area contributed by atoms with Crippen molar-refractivity contribution in [3.05, 3.63) is 0 Å². The molecule has 0 heterocycles. The molecule has 0 saturated carbocycles. The summed E-state index contributed by atoms with van der Waals surface area (Å²) in [5.41, 5.74) is 0. The highest BCUT2D eigenvalue weighted by molar-refractivity contribution is 4.72. The van der Waals surface area contributed by atoms with E-state index in [0.717, 1.165) is 6.42 Å². The van der Waals surface area contributed by atoms with E-state index in [1.54, 1.807) is 6.92 Å². The number of hydrogen-bond donors (Lipinski definition) is 2. The highest BCUT2D eigenvalue weighted by atomic mass is 16.5. The van der Waals surface area contributed by atoms with Gasteiger partial charge < -0.3 is 14.9 Å². The van der Waals surface area contributed by atoms with Gasteiger partial charge in [-0.2, -0.15) is 0 Å². The van der Waals surface area contributed by atoms with E-state index in [1.807, 2.05) is 6.92 Å². The molecule has 0 spiro atoms. The highest BCUT2D eigenvalue weighted by Gasteiger charge is 2.22. The SMILES string of the molecule is CCCC(O)C(OC)C(C)O. The van der Waals surface area contributed by atoms with Crippen LogP contribution in [0.15, 0.2) is 0 Å². The summed E-state index contributed by atoms with van der Waals surface area (Å²) in [6.45, 7) is 3.60. The van der Waals surface area contributed by atoms with Gasteiger partial charge in [0.25, 0.3) is 0 Å². The van der Waals surface area contributed by atoms with Crippen molar-refractivity contribution in [3.8, 4) is 0 Å². The third-order valence-electron chi connectivity index (χ3n) is 1.71. The van der Waals surface area contributed by atoms with E-state index >= 15 is 0 Å². The lowest BCUT2D eigenvalue weighted by Gasteiger charge is -2.23. The highest BCUT2D eigenvalue weighted by Crippen LogP contribution is 2.08. The van der Waals surface area contributed by atoms with Gasteiger partial charge in [0, 0.05) is 7.11 Å². The van der Waals surface area contributed by atoms with Crippen LogP contribution in [0.4, 0.5) is 0 Å². The van der Waals surface area contributed by atoms with Crippen molar-refractivity contribution in [1.82, 2.24) is 0 Å². The lowest BCUT2D eigenvalue weighted by molar-refractivity contribution is -0.0772. The number of hydrogen-bond acceptors (Lipinski definition) is 3. The van der Waals surface area contributed by atoms with Gasteiger partial charge in [-0.15, -0.1) is 0 Å². The van der Waals surface area contributed by atoms with Crippen LogP contribution in [-0.2, 0) is 4.74 Å². The Morgan fingerprint density at radius 3 is 2.18 bits per heavy atom. The average molecular weight is 162 g/mol. The Labute approximate surface area is 68.0 Å². The molecule has 0 amide bonds. The summed E-state index contributed by atoms with van der Waals surface area (Å²) >= 11 is 0. The van der Waals surface area contributed by atoms with Gasteiger partial charge in [-0.3, -0.25) is 0 Å². The lowest BCUT2D eigenvalue weighted by atomic mass is 10.1. The Balaban J connectivity index is 3.81. The second-order valence-electron chi connectivity index (χ2n) is 2.80. The molecule has 0 saturated heterocycles. The molecule has 0 radical (unpaired) electrons. The van der Waals surface area contributed by atoms with Gasteiger partial charge in [0.1, 0.15) is 6.10 Å². The van der Waals surface area contributed by atoms with E-state index in [2.05, 4.69) is 0 Å². The van der Waals surface area contributed by atoms with Gasteiger partial charge in [-0.1, -0.05) is 13.3 Å². The van der Waals surface area contributed by atoms with Crippen LogP contribution >= 0.6 is 0 Å². The van der Waals surface area contributed by atoms with Gasteiger partial charge in [-0.25, -0.2) is 0 Å². The molecule has 0 aliphatic heterocycles. The molecule has 0 bridgehead atoms. The molecule has 0 aromatic heterocycles. The fourth-order valence-electron chi connectivity index (χ4n) is 1.14. The molecule has 68 valence electrons. The zero-order chi connectivity index (χ0) is 8.85. The predicted molar refractivity (Wildman–Crippen MR) is 43.4 cm³/mol. The second kappa shape index (κ2) is 5.52. The third-order valence-corrected chi connectivity index (χ3v) is 1.71. The first-order valence-corrected chi connectivity index (χ1v) is 4.02. The Bertz CT molecular complexity index is 93.3. The first-order valence-electron chi connectivity index (χ1n) is 4.02. The molecule has 3 atom stereocenters. The molecule has 3 nitrogen and oxygen atoms in total. The van der Waals surface area contributed by atoms with Gasteiger partial charge in [0.15, 0.2) is 0 Å². The molecular formula is C8H18O3. The maximum atomic E-state index is 9.39. The van der Waals surface area contributed by atoms with Crippen LogP contribution in [0.2, 0.25) is 0 Å². The quantitative estimate of drug-likeness (QED) is 0.620. The van der Waals surface area contributed by atoms with Crippen molar-refractivity contribution in [3.63, 3.8) is 0 Å². The fraction of sp³-hybridized carbons (Fsp3) is 1.00. The Hall–Kier alpha value is -0.120. The predicted octanol–water partition coefficient (Wildman–Crippen LogP) is 0.543. The zero-order valence-corrected chi connectivity index (χ0v) is 7.45. The smallest absolute Gasteiger partial charge is 0.108 e. The molecular weight excluding hydrogens is 144 g/mol. The third kappa shape index (κ3) is 3.70. The van der Waals surface area contributed by atoms with E-state index in [0.29, 0.717) is 6.42 Å². The van der Waals surface area contributed by atoms with E-state index in [4.69, 9.17) is 9.84 Å². The molecule has 0 aliphatic rings. The van der Waals surface area contributed by atoms with Crippen LogP contribution < -0.4 is 0 Å². The van der Waals surface area contributed by atoms with E-state index in [1.165, 1.54) is 7.11 Å². The van der Waals surface area contributed by atoms with Crippen molar-refractivity contribution >= 4 is 0 Å². The molecule has 0 aromatic rings. The van der Waals surface area contributed by atoms with Gasteiger partial charge in [-0.05, 0) is 13.3 Å². The molecule has 2 N–H and O–H groups in total. The average Bonchev–Trinajstić information content (AvgIpc) is 1.88. The minimum Gasteiger partial charge on any atom is -0.391 e. The normalized spacial score (nSPS) is 19.4. The van der Waals surface area contributed by atoms with Crippen molar-refractivity contribution < 1.29 is 14.9 Å². The van der Waals surface area contributed by atoms with E-state index in [9.17, 15) is 5.11 Å². The standard InChI is InChI=1S/C8H18O3/c1-4-5-7(10)8(11-3)6(2)9/h6-10H,4-5H2,1-3H3. The van der Waals surface area contributed by atoms with Crippen LogP contribution in [0, 0.1) is 0 Å². The number of aliphatic hydroxyl groups excluding tert-OH is 2. The Kier molecular flexibility index (Phi) is 5.46. The number of methoxy groups -OCH3 is 1. The Morgan fingerprint density at radius 1 is 1.36 bits per heavy atom. The van der Waals surface area contributed by atoms with Crippen LogP contribution in [0.25, 0.3) is 0 Å². The summed E-state index contributed by atoms with van der Waals surface area (Å²) < 4.78 is 4.93. The fourth-order valence-corrected chi connectivity index (χ4v) is 1.14. The minimum absolute atomic E-state index is 0.449. The number of ether oxygens (including phenoxy) is 1. The largest absolute Gasteiger partial charge is 0.391 e. The van der Waals surface area contributed by atoms with Crippen molar-refractivity contribution in [2.45, 2.75) is 45.0 Å². The van der Waals surface area contributed by atoms with Gasteiger partial charge >= 0.3 is 0 Å². The van der Waals surface area contributed by atoms with Crippen LogP contribution in [0.3, 0.4) is 0 Å². The lowest BCUT2D eigenvalue weighted by Crippen LogP contribution is -2.37. The molecule has 3 heteroatoms. The molecule has 3 unspecified atom stereocenters. The molecule has 0 fully saturated rings. The summed E-state index contributed by atoms with van der Waals surface area (Å²) in [7, 11) is 1.50. The van der Waals surface area contributed by atoms with Gasteiger partial charge in [0.05, 0.1) is 12.2 Å². The Morgan fingerprint density at radius 2 is 1.91 bits per heavy atom. The molecule has 0 aliphatic carbocycles. The molecule has 0 aromatic carbocycles. The van der Waals surface area contributed by atoms with Crippen molar-refractivity contribution in [2.24, 2.45) is 0 Å².